The van der Waals surface area contributed by atoms with Crippen LogP contribution in [0.15, 0.2) is 48.5 Å². The van der Waals surface area contributed by atoms with Crippen molar-refractivity contribution in [2.24, 2.45) is 0 Å². The molecule has 3 amide bonds. The van der Waals surface area contributed by atoms with E-state index in [1.807, 2.05) is 30.9 Å². The van der Waals surface area contributed by atoms with Gasteiger partial charge in [0.25, 0.3) is 11.8 Å². The van der Waals surface area contributed by atoms with Gasteiger partial charge >= 0.3 is 0 Å². The first kappa shape index (κ1) is 25.9. The molecule has 3 N–H and O–H groups in total. The summed E-state index contributed by atoms with van der Waals surface area (Å²) >= 11 is 0. The van der Waals surface area contributed by atoms with Crippen molar-refractivity contribution in [2.75, 3.05) is 30.3 Å². The highest BCUT2D eigenvalue weighted by atomic mass is 16.2. The van der Waals surface area contributed by atoms with Crippen LogP contribution in [0.4, 0.5) is 11.4 Å². The number of nitrogens with zero attached hydrogens (tertiary/aromatic N) is 1. The van der Waals surface area contributed by atoms with Gasteiger partial charge in [0.1, 0.15) is 0 Å². The molecule has 7 nitrogen and oxygen atoms in total. The maximum atomic E-state index is 12.8. The van der Waals surface area contributed by atoms with Gasteiger partial charge in [-0.3, -0.25) is 14.4 Å². The van der Waals surface area contributed by atoms with Crippen molar-refractivity contribution < 1.29 is 14.4 Å². The zero-order chi connectivity index (χ0) is 24.2. The van der Waals surface area contributed by atoms with E-state index in [1.54, 1.807) is 36.4 Å². The van der Waals surface area contributed by atoms with Gasteiger partial charge in [-0.05, 0) is 68.7 Å². The first-order valence-corrected chi connectivity index (χ1v) is 11.7. The minimum atomic E-state index is -0.220. The molecule has 0 aliphatic carbocycles. The van der Waals surface area contributed by atoms with E-state index in [0.717, 1.165) is 32.4 Å². The van der Waals surface area contributed by atoms with Gasteiger partial charge in [-0.15, -0.1) is 0 Å². The van der Waals surface area contributed by atoms with Crippen LogP contribution in [0.2, 0.25) is 0 Å². The highest BCUT2D eigenvalue weighted by molar-refractivity contribution is 5.97. The number of benzene rings is 2. The molecule has 0 heterocycles. The molecule has 0 bridgehead atoms. The van der Waals surface area contributed by atoms with Crippen molar-refractivity contribution in [3.05, 3.63) is 59.7 Å². The molecule has 7 heteroatoms. The molecule has 1 unspecified atom stereocenters. The zero-order valence-electron chi connectivity index (χ0n) is 20.1. The Balaban J connectivity index is 1.91. The number of rotatable bonds is 12. The maximum absolute atomic E-state index is 12.8. The summed E-state index contributed by atoms with van der Waals surface area (Å²) in [6.45, 7) is 9.59. The number of amides is 3. The molecule has 0 spiro atoms. The van der Waals surface area contributed by atoms with Gasteiger partial charge in [0.05, 0.1) is 6.54 Å². The number of hydrogen-bond acceptors (Lipinski definition) is 4. The summed E-state index contributed by atoms with van der Waals surface area (Å²) in [7, 11) is 0. The van der Waals surface area contributed by atoms with Crippen LogP contribution in [0.5, 0.6) is 0 Å². The Kier molecular flexibility index (Phi) is 10.4. The summed E-state index contributed by atoms with van der Waals surface area (Å²) in [5.41, 5.74) is 2.48. The van der Waals surface area contributed by atoms with Gasteiger partial charge in [-0.1, -0.05) is 26.8 Å². The highest BCUT2D eigenvalue weighted by Crippen LogP contribution is 2.14. The molecule has 0 saturated heterocycles. The smallest absolute Gasteiger partial charge is 0.253 e. The summed E-state index contributed by atoms with van der Waals surface area (Å²) in [5.74, 6) is -0.346. The largest absolute Gasteiger partial charge is 0.376 e. The van der Waals surface area contributed by atoms with Crippen molar-refractivity contribution in [1.29, 1.82) is 0 Å². The second-order valence-corrected chi connectivity index (χ2v) is 8.13. The molecule has 0 aliphatic rings. The monoisotopic (exact) mass is 452 g/mol. The van der Waals surface area contributed by atoms with Crippen LogP contribution in [-0.4, -0.2) is 48.3 Å². The second-order valence-electron chi connectivity index (χ2n) is 8.13. The summed E-state index contributed by atoms with van der Waals surface area (Å²) in [6.07, 6.45) is 2.68. The third kappa shape index (κ3) is 8.25. The second kappa shape index (κ2) is 13.3. The van der Waals surface area contributed by atoms with Crippen LogP contribution in [-0.2, 0) is 4.79 Å². The van der Waals surface area contributed by atoms with E-state index in [2.05, 4.69) is 29.8 Å². The van der Waals surface area contributed by atoms with Gasteiger partial charge in [-0.25, -0.2) is 0 Å². The lowest BCUT2D eigenvalue weighted by Gasteiger charge is -2.21. The third-order valence-corrected chi connectivity index (χ3v) is 5.26. The number of anilines is 2. The minimum Gasteiger partial charge on any atom is -0.376 e. The van der Waals surface area contributed by atoms with E-state index in [9.17, 15) is 14.4 Å². The first-order chi connectivity index (χ1) is 15.9. The lowest BCUT2D eigenvalue weighted by Crippen LogP contribution is -2.32. The van der Waals surface area contributed by atoms with Crippen molar-refractivity contribution in [2.45, 2.75) is 53.0 Å². The Labute approximate surface area is 196 Å². The molecule has 33 heavy (non-hydrogen) atoms. The minimum absolute atomic E-state index is 0.00394. The zero-order valence-corrected chi connectivity index (χ0v) is 20.1. The Hall–Kier alpha value is -3.35. The van der Waals surface area contributed by atoms with Gasteiger partial charge in [0.2, 0.25) is 5.91 Å². The van der Waals surface area contributed by atoms with Crippen molar-refractivity contribution >= 4 is 29.1 Å². The molecule has 0 fully saturated rings. The molecule has 0 aromatic heterocycles. The van der Waals surface area contributed by atoms with Crippen LogP contribution in [0.25, 0.3) is 0 Å². The molecular formula is C26H36N4O3. The van der Waals surface area contributed by atoms with Crippen molar-refractivity contribution in [1.82, 2.24) is 10.2 Å². The topological polar surface area (TPSA) is 90.5 Å². The molecule has 0 saturated carbocycles. The van der Waals surface area contributed by atoms with Crippen molar-refractivity contribution in [3.63, 3.8) is 0 Å². The van der Waals surface area contributed by atoms with Crippen LogP contribution < -0.4 is 16.0 Å². The Morgan fingerprint density at radius 1 is 0.879 bits per heavy atom. The Morgan fingerprint density at radius 2 is 1.55 bits per heavy atom. The van der Waals surface area contributed by atoms with Crippen LogP contribution >= 0.6 is 0 Å². The molecule has 1 atom stereocenters. The molecule has 2 aromatic carbocycles. The number of carbonyl (C=O) groups is 3. The van der Waals surface area contributed by atoms with Gasteiger partial charge in [-0.2, -0.15) is 0 Å². The Morgan fingerprint density at radius 3 is 2.15 bits per heavy atom. The fraction of sp³-hybridized carbons (Fsp3) is 0.423. The van der Waals surface area contributed by atoms with Crippen LogP contribution in [0.1, 0.15) is 67.7 Å². The van der Waals surface area contributed by atoms with E-state index in [-0.39, 0.29) is 30.3 Å². The molecule has 2 aromatic rings. The van der Waals surface area contributed by atoms with Crippen molar-refractivity contribution in [3.8, 4) is 0 Å². The fourth-order valence-corrected chi connectivity index (χ4v) is 3.30. The van der Waals surface area contributed by atoms with E-state index < -0.39 is 0 Å². The van der Waals surface area contributed by atoms with Gasteiger partial charge < -0.3 is 20.9 Å². The van der Waals surface area contributed by atoms with Gasteiger partial charge in [0.15, 0.2) is 0 Å². The average molecular weight is 453 g/mol. The number of carbonyl (C=O) groups excluding carboxylic acids is 3. The van der Waals surface area contributed by atoms with E-state index in [4.69, 9.17) is 0 Å². The van der Waals surface area contributed by atoms with Gasteiger partial charge in [0, 0.05) is 41.6 Å². The number of nitrogens with one attached hydrogen (secondary N) is 3. The predicted octanol–water partition coefficient (Wildman–Crippen LogP) is 4.53. The first-order valence-electron chi connectivity index (χ1n) is 11.7. The number of hydrogen-bond donors (Lipinski definition) is 3. The summed E-state index contributed by atoms with van der Waals surface area (Å²) in [5, 5.41) is 8.80. The van der Waals surface area contributed by atoms with Crippen LogP contribution in [0.3, 0.4) is 0 Å². The van der Waals surface area contributed by atoms with Crippen LogP contribution in [0, 0.1) is 0 Å². The van der Waals surface area contributed by atoms with E-state index >= 15 is 0 Å². The summed E-state index contributed by atoms with van der Waals surface area (Å²) in [4.78, 5) is 39.2. The standard InChI is InChI=1S/C26H36N4O3/c1-5-15-30(16-6-2)26(33)21-9-8-10-23(17-21)27-18-24(31)29-22-13-11-20(12-14-22)25(32)28-19(4)7-3/h8-14,17,19,27H,5-7,15-16,18H2,1-4H3,(H,28,32)(H,29,31). The Bertz CT molecular complexity index is 921. The molecule has 0 radical (unpaired) electrons. The normalized spacial score (nSPS) is 11.4. The van der Waals surface area contributed by atoms with E-state index in [1.165, 1.54) is 0 Å². The average Bonchev–Trinajstić information content (AvgIpc) is 2.82. The quantitative estimate of drug-likeness (QED) is 0.441. The molecule has 0 aliphatic heterocycles. The fourth-order valence-electron chi connectivity index (χ4n) is 3.30. The molecule has 178 valence electrons. The lowest BCUT2D eigenvalue weighted by atomic mass is 10.1. The summed E-state index contributed by atoms with van der Waals surface area (Å²) in [6, 6.07) is 14.1. The summed E-state index contributed by atoms with van der Waals surface area (Å²) < 4.78 is 0. The molecular weight excluding hydrogens is 416 g/mol. The predicted molar refractivity (Wildman–Crippen MR) is 134 cm³/mol. The van der Waals surface area contributed by atoms with E-state index in [0.29, 0.717) is 22.5 Å². The highest BCUT2D eigenvalue weighted by Gasteiger charge is 2.15. The maximum Gasteiger partial charge on any atom is 0.253 e. The lowest BCUT2D eigenvalue weighted by molar-refractivity contribution is -0.114. The molecule has 2 rings (SSSR count). The third-order valence-electron chi connectivity index (χ3n) is 5.26. The SMILES string of the molecule is CCCN(CCC)C(=O)c1cccc(NCC(=O)Nc2ccc(C(=O)NC(C)CC)cc2)c1.